The maximum absolute atomic E-state index is 13.6. The number of hydrogen-bond donors (Lipinski definition) is 4. The summed E-state index contributed by atoms with van der Waals surface area (Å²) in [5.74, 6) is 0.424. The van der Waals surface area contributed by atoms with E-state index < -0.39 is 5.82 Å². The van der Waals surface area contributed by atoms with Crippen molar-refractivity contribution in [2.24, 2.45) is 17.3 Å². The van der Waals surface area contributed by atoms with Crippen LogP contribution in [0.4, 0.5) is 21.7 Å². The summed E-state index contributed by atoms with van der Waals surface area (Å²) in [4.78, 5) is 34.3. The van der Waals surface area contributed by atoms with Gasteiger partial charge in [0.2, 0.25) is 0 Å². The standard InChI is InChI=1S/C25H21ClFN5O3/c1-11-13(23(34)28-4-5-33)7-16-17-9-25(16,17)15(11)8-14-20-21(29-10-30-22(20)32-24(14)35)31-12-2-3-19(27)18(26)6-12/h2-3,6-8,10,16-17,33H,4-5,9H2,1H3,(H,28,34)(H2,29,30,31,32,35)/b14-8-/t16?,17?,25-/m1/s1. The number of aliphatic hydroxyl groups is 1. The first-order chi connectivity index (χ1) is 16.8. The monoisotopic (exact) mass is 493 g/mol. The summed E-state index contributed by atoms with van der Waals surface area (Å²) in [7, 11) is 0. The quantitative estimate of drug-likeness (QED) is 0.459. The van der Waals surface area contributed by atoms with Crippen LogP contribution in [0.1, 0.15) is 18.9 Å². The molecule has 1 spiro atoms. The molecule has 1 aliphatic heterocycles. The molecule has 1 aromatic heterocycles. The highest BCUT2D eigenvalue weighted by atomic mass is 35.5. The van der Waals surface area contributed by atoms with Crippen molar-refractivity contribution in [3.63, 3.8) is 0 Å². The Morgan fingerprint density at radius 2 is 2.23 bits per heavy atom. The van der Waals surface area contributed by atoms with Gasteiger partial charge in [-0.2, -0.15) is 0 Å². The number of aliphatic hydroxyl groups excluding tert-OH is 1. The summed E-state index contributed by atoms with van der Waals surface area (Å²) in [5, 5.41) is 17.7. The summed E-state index contributed by atoms with van der Waals surface area (Å²) < 4.78 is 13.6. The molecule has 1 aromatic carbocycles. The fraction of sp³-hybridized carbons (Fsp3) is 0.280. The first-order valence-electron chi connectivity index (χ1n) is 11.3. The number of anilines is 3. The predicted octanol–water partition coefficient (Wildman–Crippen LogP) is 3.35. The lowest BCUT2D eigenvalue weighted by molar-refractivity contribution is -0.117. The number of aromatic nitrogens is 2. The number of amides is 2. The molecule has 2 heterocycles. The minimum Gasteiger partial charge on any atom is -0.395 e. The van der Waals surface area contributed by atoms with Gasteiger partial charge in [0, 0.05) is 23.2 Å². The van der Waals surface area contributed by atoms with Crippen molar-refractivity contribution in [2.45, 2.75) is 13.3 Å². The third-order valence-corrected chi connectivity index (χ3v) is 7.63. The third-order valence-electron chi connectivity index (χ3n) is 7.34. The van der Waals surface area contributed by atoms with Crippen LogP contribution in [0.15, 0.2) is 53.4 Å². The van der Waals surface area contributed by atoms with E-state index in [1.807, 2.05) is 19.1 Å². The molecule has 2 fully saturated rings. The number of rotatable bonds is 6. The van der Waals surface area contributed by atoms with Crippen LogP contribution in [0.2, 0.25) is 5.02 Å². The first kappa shape index (κ1) is 21.9. The Hall–Kier alpha value is -3.56. The number of carbonyl (C=O) groups is 2. The SMILES string of the molecule is CC1=C(/C=C2\C(=O)Nc3ncnc(Nc4ccc(F)c(Cl)c4)c32)[C@@]23CC2C3C=C1C(=O)NCCO. The molecule has 8 nitrogen and oxygen atoms in total. The topological polar surface area (TPSA) is 116 Å². The Balaban J connectivity index is 1.41. The van der Waals surface area contributed by atoms with Crippen molar-refractivity contribution in [1.29, 1.82) is 0 Å². The van der Waals surface area contributed by atoms with E-state index in [2.05, 4.69) is 25.9 Å². The fourth-order valence-corrected chi connectivity index (χ4v) is 5.56. The van der Waals surface area contributed by atoms with E-state index in [1.165, 1.54) is 24.5 Å². The van der Waals surface area contributed by atoms with Crippen LogP contribution >= 0.6 is 11.6 Å². The zero-order valence-corrected chi connectivity index (χ0v) is 19.4. The van der Waals surface area contributed by atoms with Crippen LogP contribution in [0.25, 0.3) is 5.57 Å². The van der Waals surface area contributed by atoms with Crippen molar-refractivity contribution in [3.8, 4) is 0 Å². The Morgan fingerprint density at radius 3 is 2.97 bits per heavy atom. The number of fused-ring (bicyclic) bond motifs is 2. The van der Waals surface area contributed by atoms with Crippen molar-refractivity contribution in [1.82, 2.24) is 15.3 Å². The van der Waals surface area contributed by atoms with Gasteiger partial charge in [0.05, 0.1) is 22.8 Å². The van der Waals surface area contributed by atoms with Crippen molar-refractivity contribution in [3.05, 3.63) is 69.8 Å². The molecule has 2 saturated carbocycles. The molecule has 0 saturated heterocycles. The van der Waals surface area contributed by atoms with Gasteiger partial charge in [0.1, 0.15) is 23.8 Å². The van der Waals surface area contributed by atoms with E-state index in [0.29, 0.717) is 40.0 Å². The van der Waals surface area contributed by atoms with Gasteiger partial charge in [-0.1, -0.05) is 17.7 Å². The molecule has 2 unspecified atom stereocenters. The highest BCUT2D eigenvalue weighted by molar-refractivity contribution is 6.33. The lowest BCUT2D eigenvalue weighted by atomic mass is 9.82. The maximum atomic E-state index is 13.6. The van der Waals surface area contributed by atoms with Crippen molar-refractivity contribution < 1.29 is 19.1 Å². The van der Waals surface area contributed by atoms with Gasteiger partial charge in [-0.15, -0.1) is 0 Å². The largest absolute Gasteiger partial charge is 0.395 e. The van der Waals surface area contributed by atoms with Gasteiger partial charge in [-0.3, -0.25) is 9.59 Å². The molecule has 3 atom stereocenters. The molecular formula is C25H21ClFN5O3. The highest BCUT2D eigenvalue weighted by Crippen LogP contribution is 2.85. The van der Waals surface area contributed by atoms with Crippen LogP contribution in [0.5, 0.6) is 0 Å². The van der Waals surface area contributed by atoms with Gasteiger partial charge < -0.3 is 21.1 Å². The van der Waals surface area contributed by atoms with E-state index in [4.69, 9.17) is 16.7 Å². The third kappa shape index (κ3) is 3.30. The van der Waals surface area contributed by atoms with Gasteiger partial charge in [0.15, 0.2) is 0 Å². The average Bonchev–Trinajstić information content (AvgIpc) is 3.68. The Labute approximate surface area is 205 Å². The number of allylic oxidation sites excluding steroid dienone is 3. The summed E-state index contributed by atoms with van der Waals surface area (Å²) in [6.07, 6.45) is 6.23. The van der Waals surface area contributed by atoms with Crippen molar-refractivity contribution in [2.75, 3.05) is 23.8 Å². The van der Waals surface area contributed by atoms with E-state index in [-0.39, 0.29) is 41.3 Å². The Bertz CT molecular complexity index is 1420. The molecule has 4 aliphatic rings. The summed E-state index contributed by atoms with van der Waals surface area (Å²) in [6.45, 7) is 1.93. The molecule has 0 radical (unpaired) electrons. The zero-order valence-electron chi connectivity index (χ0n) is 18.7. The number of nitrogens with zero attached hydrogens (tertiary/aromatic N) is 2. The van der Waals surface area contributed by atoms with Crippen LogP contribution in [-0.2, 0) is 9.59 Å². The minimum absolute atomic E-state index is 0.0193. The number of carbonyl (C=O) groups excluding carboxylic acids is 2. The number of nitrogens with one attached hydrogen (secondary N) is 3. The molecule has 2 aromatic rings. The van der Waals surface area contributed by atoms with Gasteiger partial charge in [-0.05, 0) is 60.6 Å². The second-order valence-electron chi connectivity index (χ2n) is 9.19. The Morgan fingerprint density at radius 1 is 1.40 bits per heavy atom. The molecule has 3 aliphatic carbocycles. The molecule has 6 rings (SSSR count). The van der Waals surface area contributed by atoms with E-state index in [9.17, 15) is 14.0 Å². The molecule has 0 bridgehead atoms. The summed E-state index contributed by atoms with van der Waals surface area (Å²) in [6, 6.07) is 4.22. The number of hydrogen-bond acceptors (Lipinski definition) is 6. The molecule has 178 valence electrons. The second kappa shape index (κ2) is 7.73. The number of benzene rings is 1. The minimum atomic E-state index is -0.536. The Kier molecular flexibility index (Phi) is 4.84. The lowest BCUT2D eigenvalue weighted by Crippen LogP contribution is -2.30. The highest BCUT2D eigenvalue weighted by Gasteiger charge is 2.80. The van der Waals surface area contributed by atoms with Crippen LogP contribution in [0, 0.1) is 23.1 Å². The van der Waals surface area contributed by atoms with Crippen LogP contribution < -0.4 is 16.0 Å². The predicted molar refractivity (Wildman–Crippen MR) is 128 cm³/mol. The summed E-state index contributed by atoms with van der Waals surface area (Å²) in [5.41, 5.74) is 3.77. The van der Waals surface area contributed by atoms with Crippen LogP contribution in [-0.4, -0.2) is 40.0 Å². The van der Waals surface area contributed by atoms with Gasteiger partial charge in [0.25, 0.3) is 11.8 Å². The molecular weight excluding hydrogens is 473 g/mol. The average molecular weight is 494 g/mol. The summed E-state index contributed by atoms with van der Waals surface area (Å²) >= 11 is 5.92. The van der Waals surface area contributed by atoms with E-state index in [0.717, 1.165) is 17.6 Å². The fourth-order valence-electron chi connectivity index (χ4n) is 5.38. The molecule has 2 amide bonds. The molecule has 4 N–H and O–H groups in total. The lowest BCUT2D eigenvalue weighted by Gasteiger charge is -2.23. The maximum Gasteiger partial charge on any atom is 0.257 e. The molecule has 35 heavy (non-hydrogen) atoms. The van der Waals surface area contributed by atoms with E-state index in [1.54, 1.807) is 0 Å². The van der Waals surface area contributed by atoms with Crippen LogP contribution in [0.3, 0.4) is 0 Å². The van der Waals surface area contributed by atoms with Gasteiger partial charge >= 0.3 is 0 Å². The van der Waals surface area contributed by atoms with Gasteiger partial charge in [-0.25, -0.2) is 14.4 Å². The number of halogens is 2. The zero-order chi connectivity index (χ0) is 24.5. The smallest absolute Gasteiger partial charge is 0.257 e. The molecule has 10 heteroatoms. The van der Waals surface area contributed by atoms with E-state index >= 15 is 0 Å². The normalized spacial score (nSPS) is 26.5. The van der Waals surface area contributed by atoms with Crippen molar-refractivity contribution >= 4 is 46.3 Å². The first-order valence-corrected chi connectivity index (χ1v) is 11.7. The second-order valence-corrected chi connectivity index (χ2v) is 9.59.